The fourth-order valence-electron chi connectivity index (χ4n) is 2.26. The molecule has 0 aromatic heterocycles. The predicted octanol–water partition coefficient (Wildman–Crippen LogP) is 1.94. The van der Waals surface area contributed by atoms with E-state index < -0.39 is 16.0 Å². The van der Waals surface area contributed by atoms with Crippen LogP contribution in [0.5, 0.6) is 0 Å². The average molecular weight is 291 g/mol. The van der Waals surface area contributed by atoms with E-state index in [9.17, 15) is 13.2 Å². The molecule has 19 heavy (non-hydrogen) atoms. The first-order valence-corrected chi connectivity index (χ1v) is 8.41. The van der Waals surface area contributed by atoms with Crippen LogP contribution in [-0.2, 0) is 14.8 Å². The van der Waals surface area contributed by atoms with Crippen LogP contribution in [0.3, 0.4) is 0 Å². The number of piperidine rings is 1. The molecule has 1 saturated heterocycles. The summed E-state index contributed by atoms with van der Waals surface area (Å²) in [4.78, 5) is 10.7. The molecule has 0 aromatic rings. The minimum Gasteiger partial charge on any atom is -0.481 e. The Morgan fingerprint density at radius 1 is 1.37 bits per heavy atom. The number of hydrogen-bond donors (Lipinski definition) is 1. The van der Waals surface area contributed by atoms with Gasteiger partial charge in [-0.2, -0.15) is 0 Å². The molecule has 0 radical (unpaired) electrons. The Labute approximate surface area is 116 Å². The summed E-state index contributed by atoms with van der Waals surface area (Å²) in [7, 11) is -3.24. The Hall–Kier alpha value is -0.620. The number of aliphatic carboxylic acids is 1. The largest absolute Gasteiger partial charge is 0.481 e. The molecule has 0 spiro atoms. The van der Waals surface area contributed by atoms with Crippen molar-refractivity contribution in [2.24, 2.45) is 11.3 Å². The van der Waals surface area contributed by atoms with Crippen LogP contribution in [0.1, 0.15) is 46.5 Å². The first-order chi connectivity index (χ1) is 8.60. The molecular weight excluding hydrogens is 266 g/mol. The molecule has 0 amide bonds. The third-order valence-electron chi connectivity index (χ3n) is 3.45. The number of carbonyl (C=O) groups is 1. The van der Waals surface area contributed by atoms with Gasteiger partial charge in [-0.25, -0.2) is 12.7 Å². The van der Waals surface area contributed by atoms with Crippen molar-refractivity contribution >= 4 is 16.0 Å². The number of rotatable bonds is 5. The van der Waals surface area contributed by atoms with Crippen molar-refractivity contribution in [3.05, 3.63) is 0 Å². The number of sulfonamides is 1. The second kappa shape index (κ2) is 6.22. The lowest BCUT2D eigenvalue weighted by atomic mass is 9.94. The van der Waals surface area contributed by atoms with Crippen LogP contribution in [0.4, 0.5) is 0 Å². The molecule has 1 N–H and O–H groups in total. The van der Waals surface area contributed by atoms with E-state index in [1.807, 2.05) is 20.8 Å². The molecule has 0 aliphatic carbocycles. The highest BCUT2D eigenvalue weighted by atomic mass is 32.2. The highest BCUT2D eigenvalue weighted by Gasteiger charge is 2.30. The van der Waals surface area contributed by atoms with Gasteiger partial charge in [0, 0.05) is 19.5 Å². The molecule has 0 saturated carbocycles. The van der Waals surface area contributed by atoms with E-state index in [1.165, 1.54) is 4.31 Å². The minimum absolute atomic E-state index is 0.0106. The van der Waals surface area contributed by atoms with Crippen LogP contribution >= 0.6 is 0 Å². The van der Waals surface area contributed by atoms with E-state index in [0.717, 1.165) is 12.8 Å². The Kier molecular flexibility index (Phi) is 5.38. The summed E-state index contributed by atoms with van der Waals surface area (Å²) in [6.07, 6.45) is 2.24. The van der Waals surface area contributed by atoms with Gasteiger partial charge in [-0.1, -0.05) is 20.8 Å². The van der Waals surface area contributed by atoms with E-state index in [-0.39, 0.29) is 23.5 Å². The Morgan fingerprint density at radius 2 is 2.00 bits per heavy atom. The zero-order valence-corrected chi connectivity index (χ0v) is 12.9. The number of nitrogens with zero attached hydrogens (tertiary/aromatic N) is 1. The zero-order chi connectivity index (χ0) is 14.7. The maximum atomic E-state index is 12.2. The SMILES string of the molecule is CC(C)(C)CCS(=O)(=O)N1CCCC(CC(=O)O)C1. The molecule has 6 heteroatoms. The van der Waals surface area contributed by atoms with Crippen LogP contribution in [0.15, 0.2) is 0 Å². The topological polar surface area (TPSA) is 74.7 Å². The maximum Gasteiger partial charge on any atom is 0.303 e. The summed E-state index contributed by atoms with van der Waals surface area (Å²) in [5.41, 5.74) is -0.0106. The van der Waals surface area contributed by atoms with Gasteiger partial charge in [-0.05, 0) is 30.6 Å². The smallest absolute Gasteiger partial charge is 0.303 e. The predicted molar refractivity (Wildman–Crippen MR) is 74.4 cm³/mol. The van der Waals surface area contributed by atoms with Gasteiger partial charge in [0.25, 0.3) is 0 Å². The zero-order valence-electron chi connectivity index (χ0n) is 12.1. The monoisotopic (exact) mass is 291 g/mol. The van der Waals surface area contributed by atoms with Gasteiger partial charge >= 0.3 is 5.97 Å². The van der Waals surface area contributed by atoms with Gasteiger partial charge in [0.05, 0.1) is 5.75 Å². The Morgan fingerprint density at radius 3 is 2.53 bits per heavy atom. The van der Waals surface area contributed by atoms with Crippen LogP contribution in [0.25, 0.3) is 0 Å². The summed E-state index contributed by atoms with van der Waals surface area (Å²) in [5.74, 6) is -0.745. The highest BCUT2D eigenvalue weighted by molar-refractivity contribution is 7.89. The lowest BCUT2D eigenvalue weighted by Crippen LogP contribution is -2.42. The van der Waals surface area contributed by atoms with Crippen LogP contribution in [0, 0.1) is 11.3 Å². The molecule has 1 aliphatic heterocycles. The third kappa shape index (κ3) is 5.91. The van der Waals surface area contributed by atoms with Crippen molar-refractivity contribution in [2.75, 3.05) is 18.8 Å². The van der Waals surface area contributed by atoms with Crippen LogP contribution in [-0.4, -0.2) is 42.6 Å². The molecule has 0 bridgehead atoms. The van der Waals surface area contributed by atoms with Crippen molar-refractivity contribution in [1.29, 1.82) is 0 Å². The highest BCUT2D eigenvalue weighted by Crippen LogP contribution is 2.25. The summed E-state index contributed by atoms with van der Waals surface area (Å²) in [5, 5.41) is 8.80. The van der Waals surface area contributed by atoms with Gasteiger partial charge in [0.15, 0.2) is 0 Å². The van der Waals surface area contributed by atoms with E-state index >= 15 is 0 Å². The summed E-state index contributed by atoms with van der Waals surface area (Å²) in [6, 6.07) is 0. The van der Waals surface area contributed by atoms with Gasteiger partial charge in [0.1, 0.15) is 0 Å². The first kappa shape index (κ1) is 16.4. The second-order valence-electron chi connectivity index (χ2n) is 6.59. The van der Waals surface area contributed by atoms with E-state index in [2.05, 4.69) is 0 Å². The van der Waals surface area contributed by atoms with Crippen molar-refractivity contribution in [3.63, 3.8) is 0 Å². The minimum atomic E-state index is -3.24. The van der Waals surface area contributed by atoms with Gasteiger partial charge in [-0.15, -0.1) is 0 Å². The van der Waals surface area contributed by atoms with E-state index in [0.29, 0.717) is 19.5 Å². The van der Waals surface area contributed by atoms with E-state index in [1.54, 1.807) is 0 Å². The summed E-state index contributed by atoms with van der Waals surface area (Å²) >= 11 is 0. The molecule has 1 fully saturated rings. The van der Waals surface area contributed by atoms with E-state index in [4.69, 9.17) is 5.11 Å². The molecule has 1 aliphatic rings. The Bertz CT molecular complexity index is 411. The van der Waals surface area contributed by atoms with Crippen molar-refractivity contribution in [3.8, 4) is 0 Å². The molecule has 0 aromatic carbocycles. The van der Waals surface area contributed by atoms with Crippen molar-refractivity contribution in [1.82, 2.24) is 4.31 Å². The standard InChI is InChI=1S/C13H25NO4S/c1-13(2,3)6-8-19(17,18)14-7-4-5-11(10-14)9-12(15)16/h11H,4-10H2,1-3H3,(H,15,16). The Balaban J connectivity index is 2.60. The number of carboxylic acid groups (broad SMARTS) is 1. The molecule has 5 nitrogen and oxygen atoms in total. The molecule has 1 unspecified atom stereocenters. The summed E-state index contributed by atoms with van der Waals surface area (Å²) < 4.78 is 26.0. The molecule has 1 rings (SSSR count). The molecule has 112 valence electrons. The fraction of sp³-hybridized carbons (Fsp3) is 0.923. The summed E-state index contributed by atoms with van der Waals surface area (Å²) in [6.45, 7) is 6.95. The first-order valence-electron chi connectivity index (χ1n) is 6.80. The third-order valence-corrected chi connectivity index (χ3v) is 5.29. The van der Waals surface area contributed by atoms with Crippen molar-refractivity contribution < 1.29 is 18.3 Å². The lowest BCUT2D eigenvalue weighted by Gasteiger charge is -2.32. The van der Waals surface area contributed by atoms with Gasteiger partial charge < -0.3 is 5.11 Å². The lowest BCUT2D eigenvalue weighted by molar-refractivity contribution is -0.138. The molecular formula is C13H25NO4S. The number of carboxylic acids is 1. The van der Waals surface area contributed by atoms with Gasteiger partial charge in [0.2, 0.25) is 10.0 Å². The second-order valence-corrected chi connectivity index (χ2v) is 8.68. The van der Waals surface area contributed by atoms with Crippen LogP contribution < -0.4 is 0 Å². The maximum absolute atomic E-state index is 12.2. The average Bonchev–Trinajstić information content (AvgIpc) is 2.25. The fourth-order valence-corrected chi connectivity index (χ4v) is 4.23. The van der Waals surface area contributed by atoms with Gasteiger partial charge in [-0.3, -0.25) is 4.79 Å². The van der Waals surface area contributed by atoms with Crippen LogP contribution in [0.2, 0.25) is 0 Å². The quantitative estimate of drug-likeness (QED) is 0.840. The van der Waals surface area contributed by atoms with Crippen molar-refractivity contribution in [2.45, 2.75) is 46.5 Å². The molecule has 1 heterocycles. The normalized spacial score (nSPS) is 22.4. The molecule has 1 atom stereocenters. The number of hydrogen-bond acceptors (Lipinski definition) is 3.